The van der Waals surface area contributed by atoms with Gasteiger partial charge < -0.3 is 4.57 Å². The second kappa shape index (κ2) is 6.15. The predicted molar refractivity (Wildman–Crippen MR) is 96.9 cm³/mol. The average molecular weight is 348 g/mol. The molecule has 2 N–H and O–H groups in total. The summed E-state index contributed by atoms with van der Waals surface area (Å²) in [4.78, 5) is 0. The molecule has 128 valence electrons. The van der Waals surface area contributed by atoms with Crippen LogP contribution in [0.4, 0.5) is 8.78 Å². The van der Waals surface area contributed by atoms with Crippen molar-refractivity contribution in [1.82, 2.24) is 4.57 Å². The van der Waals surface area contributed by atoms with Gasteiger partial charge in [0.05, 0.1) is 0 Å². The maximum Gasteiger partial charge on any atom is 0.173 e. The monoisotopic (exact) mass is 348 g/mol. The molecule has 0 amide bonds. The smallest absolute Gasteiger partial charge is 0.173 e. The van der Waals surface area contributed by atoms with Crippen molar-refractivity contribution in [2.24, 2.45) is 5.11 Å². The van der Waals surface area contributed by atoms with Crippen molar-refractivity contribution in [3.8, 4) is 0 Å². The Labute approximate surface area is 147 Å². The van der Waals surface area contributed by atoms with Gasteiger partial charge >= 0.3 is 0 Å². The Morgan fingerprint density at radius 3 is 2.42 bits per heavy atom. The highest BCUT2D eigenvalue weighted by Gasteiger charge is 2.13. The Morgan fingerprint density at radius 1 is 0.885 bits per heavy atom. The summed E-state index contributed by atoms with van der Waals surface area (Å²) in [6, 6.07) is 17.1. The number of fused-ring (bicyclic) bond motifs is 3. The minimum atomic E-state index is -0.865. The van der Waals surface area contributed by atoms with E-state index in [0.717, 1.165) is 27.9 Å². The van der Waals surface area contributed by atoms with Gasteiger partial charge in [0.1, 0.15) is 0 Å². The first kappa shape index (κ1) is 16.1. The lowest BCUT2D eigenvalue weighted by molar-refractivity contribution is 0.506. The normalized spacial score (nSPS) is 11.2. The number of aromatic nitrogens is 1. The van der Waals surface area contributed by atoms with E-state index in [0.29, 0.717) is 17.7 Å². The Morgan fingerprint density at radius 2 is 1.65 bits per heavy atom. The second-order valence-electron chi connectivity index (χ2n) is 6.04. The molecule has 0 fully saturated rings. The fourth-order valence-corrected chi connectivity index (χ4v) is 3.26. The van der Waals surface area contributed by atoms with Crippen molar-refractivity contribution in [3.05, 3.63) is 83.4 Å². The van der Waals surface area contributed by atoms with Crippen LogP contribution in [0.1, 0.15) is 11.1 Å². The molecule has 0 aliphatic heterocycles. The van der Waals surface area contributed by atoms with E-state index >= 15 is 0 Å². The third-order valence-corrected chi connectivity index (χ3v) is 4.48. The van der Waals surface area contributed by atoms with E-state index in [2.05, 4.69) is 5.11 Å². The maximum absolute atomic E-state index is 13.6. The van der Waals surface area contributed by atoms with E-state index in [1.807, 2.05) is 41.0 Å². The second-order valence-corrected chi connectivity index (χ2v) is 6.04. The highest BCUT2D eigenvalue weighted by Crippen LogP contribution is 2.30. The minimum absolute atomic E-state index is 0.107. The highest BCUT2D eigenvalue weighted by atomic mass is 19.2. The Balaban J connectivity index is 1.93. The molecule has 0 unspecified atom stereocenters. The summed E-state index contributed by atoms with van der Waals surface area (Å²) < 4.78 is 28.8. The van der Waals surface area contributed by atoms with E-state index in [-0.39, 0.29) is 5.84 Å². The van der Waals surface area contributed by atoms with Crippen molar-refractivity contribution < 1.29 is 8.78 Å². The third kappa shape index (κ3) is 2.56. The Hall–Kier alpha value is -3.41. The lowest BCUT2D eigenvalue weighted by Crippen LogP contribution is -2.01. The number of benzene rings is 3. The highest BCUT2D eigenvalue weighted by molar-refractivity contribution is 6.11. The molecule has 0 aliphatic rings. The van der Waals surface area contributed by atoms with E-state index in [9.17, 15) is 8.78 Å². The SMILES string of the molecule is N=NC(=N)c1ccc2c(c1)c1ccccc1n2Cc1ccc(F)c(F)c1. The molecule has 0 saturated carbocycles. The van der Waals surface area contributed by atoms with Gasteiger partial charge in [0.15, 0.2) is 17.5 Å². The number of hydrogen-bond donors (Lipinski definition) is 2. The summed E-state index contributed by atoms with van der Waals surface area (Å²) in [6.45, 7) is 0.390. The number of hydrogen-bond acceptors (Lipinski definition) is 2. The standard InChI is InChI=1S/C20H14F2N4/c21-16-7-5-12(9-17(16)22)11-26-18-4-2-1-3-14(18)15-10-13(20(23)25-24)6-8-19(15)26/h1-10,23-24H,11H2. The minimum Gasteiger partial charge on any atom is -0.336 e. The molecule has 4 aromatic rings. The Bertz CT molecular complexity index is 1180. The van der Waals surface area contributed by atoms with Gasteiger partial charge in [-0.15, -0.1) is 5.11 Å². The van der Waals surface area contributed by atoms with Crippen LogP contribution in [-0.2, 0) is 6.54 Å². The summed E-state index contributed by atoms with van der Waals surface area (Å²) >= 11 is 0. The fourth-order valence-electron chi connectivity index (χ4n) is 3.26. The van der Waals surface area contributed by atoms with Crippen LogP contribution in [0, 0.1) is 22.6 Å². The maximum atomic E-state index is 13.6. The van der Waals surface area contributed by atoms with Crippen molar-refractivity contribution in [1.29, 1.82) is 10.9 Å². The molecule has 4 nitrogen and oxygen atoms in total. The summed E-state index contributed by atoms with van der Waals surface area (Å²) in [6.07, 6.45) is 0. The molecule has 0 atom stereocenters. The number of nitrogens with one attached hydrogen (secondary N) is 2. The van der Waals surface area contributed by atoms with Crippen molar-refractivity contribution >= 4 is 27.6 Å². The van der Waals surface area contributed by atoms with Crippen LogP contribution >= 0.6 is 0 Å². The molecule has 26 heavy (non-hydrogen) atoms. The van der Waals surface area contributed by atoms with Crippen molar-refractivity contribution in [2.45, 2.75) is 6.54 Å². The van der Waals surface area contributed by atoms with Crippen LogP contribution in [0.5, 0.6) is 0 Å². The molecule has 4 rings (SSSR count). The summed E-state index contributed by atoms with van der Waals surface area (Å²) in [7, 11) is 0. The molecule has 6 heteroatoms. The molecular weight excluding hydrogens is 334 g/mol. The van der Waals surface area contributed by atoms with Crippen LogP contribution in [-0.4, -0.2) is 10.4 Å². The number of halogens is 2. The quantitative estimate of drug-likeness (QED) is 0.280. The first-order valence-electron chi connectivity index (χ1n) is 8.00. The molecule has 0 radical (unpaired) electrons. The molecule has 0 saturated heterocycles. The third-order valence-electron chi connectivity index (χ3n) is 4.48. The predicted octanol–water partition coefficient (Wildman–Crippen LogP) is 5.48. The molecule has 0 spiro atoms. The van der Waals surface area contributed by atoms with Crippen LogP contribution < -0.4 is 0 Å². The first-order chi connectivity index (χ1) is 12.6. The van der Waals surface area contributed by atoms with Gasteiger partial charge in [0, 0.05) is 33.9 Å². The van der Waals surface area contributed by atoms with Gasteiger partial charge in [0.25, 0.3) is 0 Å². The molecule has 3 aromatic carbocycles. The van der Waals surface area contributed by atoms with Gasteiger partial charge in [-0.2, -0.15) is 0 Å². The van der Waals surface area contributed by atoms with E-state index in [4.69, 9.17) is 10.9 Å². The van der Waals surface area contributed by atoms with E-state index in [1.165, 1.54) is 6.07 Å². The zero-order valence-electron chi connectivity index (χ0n) is 13.6. The van der Waals surface area contributed by atoms with Crippen molar-refractivity contribution in [2.75, 3.05) is 0 Å². The fraction of sp³-hybridized carbons (Fsp3) is 0.0500. The molecular formula is C20H14F2N4. The van der Waals surface area contributed by atoms with Crippen LogP contribution in [0.2, 0.25) is 0 Å². The van der Waals surface area contributed by atoms with Crippen molar-refractivity contribution in [3.63, 3.8) is 0 Å². The molecule has 1 aromatic heterocycles. The number of rotatable bonds is 3. The van der Waals surface area contributed by atoms with Crippen LogP contribution in [0.25, 0.3) is 21.8 Å². The summed E-state index contributed by atoms with van der Waals surface area (Å²) in [5.74, 6) is -1.83. The summed E-state index contributed by atoms with van der Waals surface area (Å²) in [5, 5.41) is 12.9. The van der Waals surface area contributed by atoms with Crippen LogP contribution in [0.3, 0.4) is 0 Å². The van der Waals surface area contributed by atoms with Gasteiger partial charge in [-0.3, -0.25) is 5.41 Å². The van der Waals surface area contributed by atoms with Gasteiger partial charge in [-0.1, -0.05) is 24.3 Å². The number of nitrogens with zero attached hydrogens (tertiary/aromatic N) is 2. The zero-order valence-corrected chi connectivity index (χ0v) is 13.6. The molecule has 0 aliphatic carbocycles. The first-order valence-corrected chi connectivity index (χ1v) is 8.00. The van der Waals surface area contributed by atoms with Gasteiger partial charge in [-0.05, 0) is 42.0 Å². The lowest BCUT2D eigenvalue weighted by atomic mass is 10.1. The van der Waals surface area contributed by atoms with E-state index in [1.54, 1.807) is 12.1 Å². The van der Waals surface area contributed by atoms with Crippen LogP contribution in [0.15, 0.2) is 65.8 Å². The lowest BCUT2D eigenvalue weighted by Gasteiger charge is -2.08. The average Bonchev–Trinajstić information content (AvgIpc) is 2.97. The molecule has 0 bridgehead atoms. The Kier molecular flexibility index (Phi) is 3.80. The topological polar surface area (TPSA) is 65.0 Å². The van der Waals surface area contributed by atoms with Gasteiger partial charge in [0.2, 0.25) is 0 Å². The van der Waals surface area contributed by atoms with E-state index < -0.39 is 11.6 Å². The zero-order chi connectivity index (χ0) is 18.3. The molecule has 1 heterocycles. The number of para-hydroxylation sites is 1. The van der Waals surface area contributed by atoms with Gasteiger partial charge in [-0.25, -0.2) is 14.3 Å². The number of amidine groups is 1. The largest absolute Gasteiger partial charge is 0.336 e. The summed E-state index contributed by atoms with van der Waals surface area (Å²) in [5.41, 5.74) is 10.1.